The summed E-state index contributed by atoms with van der Waals surface area (Å²) in [6.45, 7) is 34.1. The Morgan fingerprint density at radius 3 is 0.317 bits per heavy atom. The summed E-state index contributed by atoms with van der Waals surface area (Å²) >= 11 is 35.2. The quantitative estimate of drug-likeness (QED) is 0.0338. The van der Waals surface area contributed by atoms with Gasteiger partial charge in [0.05, 0.1) is 0 Å². The Hall–Kier alpha value is 14.6. The van der Waals surface area contributed by atoms with Crippen molar-refractivity contribution in [2.24, 2.45) is 0 Å². The van der Waals surface area contributed by atoms with Crippen LogP contribution >= 0.6 is 35.7 Å². The molecule has 0 rings (SSSR count). The molecule has 0 aromatic heterocycles. The maximum Gasteiger partial charge on any atom is 1.00 e. The Labute approximate surface area is 717 Å². The van der Waals surface area contributed by atoms with Gasteiger partial charge in [-0.15, -0.1) is 0 Å². The summed E-state index contributed by atoms with van der Waals surface area (Å²) in [5, 5.41) is 0. The molecule has 82 heavy (non-hydrogen) atoms. The van der Waals surface area contributed by atoms with Crippen molar-refractivity contribution in [3.63, 3.8) is 0 Å². The van der Waals surface area contributed by atoms with Gasteiger partial charge in [0.2, 0.25) is 0 Å². The zero-order valence-corrected chi connectivity index (χ0v) is 86.4. The van der Waals surface area contributed by atoms with Crippen LogP contribution in [0.25, 0.3) is 0 Å². The van der Waals surface area contributed by atoms with Crippen molar-refractivity contribution in [2.75, 3.05) is 79.3 Å². The first-order chi connectivity index (χ1) is 33.2. The predicted octanol–water partition coefficient (Wildman–Crippen LogP) is 11.5. The topological polar surface area (TPSA) is 111 Å². The molecule has 0 aromatic rings. The molecule has 0 atom stereocenters. The number of rotatable bonds is 36. The van der Waals surface area contributed by atoms with Gasteiger partial charge < -0.3 is 12.4 Å². The molecule has 0 bridgehead atoms. The molecule has 0 saturated carbocycles. The van der Waals surface area contributed by atoms with E-state index in [0.717, 1.165) is 156 Å². The first-order valence-electron chi connectivity index (χ1n) is 23.3. The fourth-order valence-corrected chi connectivity index (χ4v) is 19.2. The van der Waals surface area contributed by atoms with Gasteiger partial charge in [0.15, 0.2) is 0 Å². The van der Waals surface area contributed by atoms with E-state index < -0.39 is 35.7 Å². The second kappa shape index (κ2) is 82.8. The van der Waals surface area contributed by atoms with Crippen molar-refractivity contribution in [3.05, 3.63) is 0 Å². The molecule has 0 aliphatic carbocycles. The molecule has 0 aliphatic rings. The zero-order valence-electron chi connectivity index (χ0n) is 47.0. The molecule has 0 aliphatic heterocycles. The summed E-state index contributed by atoms with van der Waals surface area (Å²) in [5.41, 5.74) is 0. The maximum atomic E-state index is 9.87. The summed E-state index contributed by atoms with van der Waals surface area (Å²) in [5.74, 6) is 0. The SMILES string of the molecule is CCCOP(=[Se])([Se-])OCCC.CCCOP(=[Se])([Se-])OCCC.CCCOP(=[Se])([Se-])OCCC.CCCOP(=[Se])([Se-])OCCC.CCCOP(=[Se])([Se-])OCCC.CCCOP(=[Se])([Se-])OCCC.F[P-](F)(F)(F)(F)F.[Ag+].[Ag+].[Ag+].[Ag+].[Ag+].[Ag+].[Ag+].[Ag+].[Cl-]. The van der Waals surface area contributed by atoms with Crippen LogP contribution in [0.4, 0.5) is 25.2 Å². The van der Waals surface area contributed by atoms with Gasteiger partial charge in [0, 0.05) is 0 Å². The second-order valence-corrected chi connectivity index (χ2v) is 81.4. The third kappa shape index (κ3) is 149. The molecule has 0 N–H and O–H groups in total. The molecule has 0 amide bonds. The van der Waals surface area contributed by atoms with Crippen LogP contribution in [0.5, 0.6) is 0 Å². The largest absolute Gasteiger partial charge is 1.00 e. The van der Waals surface area contributed by atoms with Gasteiger partial charge >= 0.3 is 718 Å². The summed E-state index contributed by atoms with van der Waals surface area (Å²) in [7, 11) is -10.7. The minimum absolute atomic E-state index is 0. The monoisotopic (exact) mass is 2890 g/mol. The zero-order chi connectivity index (χ0) is 58.9. The van der Waals surface area contributed by atoms with Crippen LogP contribution < -0.4 is 12.4 Å². The van der Waals surface area contributed by atoms with Crippen molar-refractivity contribution in [3.8, 4) is 0 Å². The van der Waals surface area contributed by atoms with Gasteiger partial charge in [-0.1, -0.05) is 0 Å². The molecule has 0 fully saturated rings. The number of hydrogen-bond acceptors (Lipinski definition) is 12. The Kier molecular flexibility index (Phi) is 137. The fraction of sp³-hybridized carbons (Fsp3) is 1.00. The summed E-state index contributed by atoms with van der Waals surface area (Å²) in [4.78, 5) is 0. The van der Waals surface area contributed by atoms with Crippen LogP contribution in [0.1, 0.15) is 160 Å². The minimum Gasteiger partial charge on any atom is -1.00 e. The average Bonchev–Trinajstić information content (AvgIpc) is 3.29. The minimum atomic E-state index is -10.7. The van der Waals surface area contributed by atoms with Crippen LogP contribution in [0.3, 0.4) is 0 Å². The van der Waals surface area contributed by atoms with E-state index in [0.29, 0.717) is 0 Å². The summed E-state index contributed by atoms with van der Waals surface area (Å²) in [6.07, 6.45) is 12.3. The molecule has 0 spiro atoms. The molecule has 12 nitrogen and oxygen atoms in total. The van der Waals surface area contributed by atoms with E-state index in [1.54, 1.807) is 0 Å². The number of hydrogen-bond donors (Lipinski definition) is 0. The van der Waals surface area contributed by atoms with E-state index in [-0.39, 0.29) is 191 Å². The molecule has 544 valence electrons. The van der Waals surface area contributed by atoms with E-state index in [4.69, 9.17) is 54.3 Å². The van der Waals surface area contributed by atoms with Crippen molar-refractivity contribution in [2.45, 2.75) is 160 Å². The van der Waals surface area contributed by atoms with E-state index in [1.165, 1.54) is 0 Å². The smallest absolute Gasteiger partial charge is 1.00 e. The van der Waals surface area contributed by atoms with Gasteiger partial charge in [-0.25, -0.2) is 0 Å². The van der Waals surface area contributed by atoms with Crippen LogP contribution in [-0.2, 0) is 233 Å². The van der Waals surface area contributed by atoms with Gasteiger partial charge in [-0.2, -0.15) is 0 Å². The van der Waals surface area contributed by atoms with Crippen molar-refractivity contribution in [1.82, 2.24) is 0 Å². The Bertz CT molecular complexity index is 1280. The van der Waals surface area contributed by atoms with E-state index >= 15 is 0 Å². The molecule has 0 heterocycles. The van der Waals surface area contributed by atoms with Crippen molar-refractivity contribution in [1.29, 1.82) is 0 Å². The maximum absolute atomic E-state index is 10.7. The summed E-state index contributed by atoms with van der Waals surface area (Å²) < 4.78 is 114. The van der Waals surface area contributed by atoms with Gasteiger partial charge in [-0.05, 0) is 0 Å². The Morgan fingerprint density at radius 1 is 0.232 bits per heavy atom. The average molecular weight is 2890 g/mol. The molecular formula is C36H84Ag8ClF6O12P7Se12. The normalized spacial score (nSPS) is 11.6. The second-order valence-electron chi connectivity index (χ2n) is 13.6. The van der Waals surface area contributed by atoms with Gasteiger partial charge in [0.25, 0.3) is 0 Å². The van der Waals surface area contributed by atoms with Crippen LogP contribution in [-0.4, -0.2) is 263 Å². The molecule has 0 unspecified atom stereocenters. The van der Waals surface area contributed by atoms with Crippen molar-refractivity contribution >= 4 is 220 Å². The van der Waals surface area contributed by atoms with Crippen molar-refractivity contribution < 1.29 is 271 Å². The molecule has 0 aromatic carbocycles. The summed E-state index contributed by atoms with van der Waals surface area (Å²) in [6, 6.07) is 0. The first-order valence-corrected chi connectivity index (χ1v) is 61.7. The van der Waals surface area contributed by atoms with E-state index in [1.807, 2.05) is 0 Å². The third-order valence-electron chi connectivity index (χ3n) is 5.44. The van der Waals surface area contributed by atoms with Gasteiger partial charge in [0.1, 0.15) is 0 Å². The molecule has 0 radical (unpaired) electrons. The van der Waals surface area contributed by atoms with Gasteiger partial charge in [-0.3, -0.25) is 0 Å². The standard InChI is InChI=1S/6C6H15O2PSe2.8Ag.ClH.F6P/c6*1-3-5-7-9(10,11)8-6-4-2;;;;;;;;;;1-7(2,3,4,5)6/h6*3-6H2,1-2H3,(H,10,11);;;;;;;;;1H;/q;;;;;;8*+1;;-1/p-7. The van der Waals surface area contributed by atoms with Crippen LogP contribution in [0.2, 0.25) is 0 Å². The van der Waals surface area contributed by atoms with E-state index in [2.05, 4.69) is 267 Å². The molecule has 0 saturated heterocycles. The van der Waals surface area contributed by atoms with Crippen LogP contribution in [0.15, 0.2) is 0 Å². The Morgan fingerprint density at radius 2 is 0.280 bits per heavy atom. The third-order valence-corrected chi connectivity index (χ3v) is 27.4. The van der Waals surface area contributed by atoms with E-state index in [9.17, 15) is 25.2 Å². The van der Waals surface area contributed by atoms with Crippen LogP contribution in [0, 0.1) is 0 Å². The molecular weight excluding hydrogens is 2800 g/mol. The Balaban J connectivity index is -0.0000000436. The first kappa shape index (κ1) is 136. The number of halogens is 7. The predicted molar refractivity (Wildman–Crippen MR) is 319 cm³/mol. The molecule has 46 heteroatoms. The fourth-order valence-electron chi connectivity index (χ4n) is 2.66.